The van der Waals surface area contributed by atoms with E-state index in [4.69, 9.17) is 0 Å². The van der Waals surface area contributed by atoms with Gasteiger partial charge in [0.25, 0.3) is 0 Å². The van der Waals surface area contributed by atoms with Crippen molar-refractivity contribution in [1.29, 1.82) is 0 Å². The van der Waals surface area contributed by atoms with Crippen molar-refractivity contribution in [3.05, 3.63) is 30.6 Å². The van der Waals surface area contributed by atoms with Crippen LogP contribution in [0.1, 0.15) is 0 Å². The van der Waals surface area contributed by atoms with Crippen LogP contribution in [-0.2, 0) is 0 Å². The van der Waals surface area contributed by atoms with Crippen LogP contribution in [0.2, 0.25) is 0 Å². The predicted octanol–water partition coefficient (Wildman–Crippen LogP) is -2.11. The Bertz CT molecular complexity index is 80.0. The van der Waals surface area contributed by atoms with Gasteiger partial charge in [-0.05, 0) is 0 Å². The third kappa shape index (κ3) is 3.38. The Balaban J connectivity index is 0.000000360. The molecule has 0 saturated carbocycles. The normalized spacial score (nSPS) is 6.86. The number of hydrogen-bond acceptors (Lipinski definition) is 1. The molecule has 0 aliphatic rings. The molecule has 1 nitrogen and oxygen atoms in total. The monoisotopic (exact) mass is 117 g/mol. The molecule has 0 spiro atoms. The van der Waals surface area contributed by atoms with Gasteiger partial charge in [0, 0.05) is 0 Å². The molecule has 0 bridgehead atoms. The fourth-order valence-corrected chi connectivity index (χ4v) is 0.277. The van der Waals surface area contributed by atoms with E-state index in [-0.39, 0.29) is 51.4 Å². The smallest absolute Gasteiger partial charge is 0.391 e. The number of rotatable bonds is 0. The molecule has 0 saturated heterocycles. The van der Waals surface area contributed by atoms with Crippen molar-refractivity contribution < 1.29 is 51.4 Å². The van der Waals surface area contributed by atoms with Gasteiger partial charge in [-0.1, -0.05) is 12.4 Å². The first kappa shape index (κ1) is 7.79. The van der Waals surface area contributed by atoms with Crippen molar-refractivity contribution in [2.75, 3.05) is 0 Å². The van der Waals surface area contributed by atoms with Gasteiger partial charge >= 0.3 is 51.4 Å². The van der Waals surface area contributed by atoms with E-state index in [9.17, 15) is 0 Å². The Hall–Kier alpha value is 0.786. The van der Waals surface area contributed by atoms with Crippen LogP contribution in [0.4, 0.5) is 0 Å². The molecule has 0 N–H and O–H groups in total. The molecular weight excluding hydrogens is 113 g/mol. The summed E-state index contributed by atoms with van der Waals surface area (Å²) in [4.78, 5) is 3.75. The molecular formula is C5H4KN. The van der Waals surface area contributed by atoms with Crippen LogP contribution in [0.15, 0.2) is 24.5 Å². The molecule has 30 valence electrons. The van der Waals surface area contributed by atoms with Crippen LogP contribution in [-0.4, -0.2) is 4.98 Å². The molecule has 0 unspecified atom stereocenters. The van der Waals surface area contributed by atoms with E-state index in [2.05, 4.69) is 11.1 Å². The average molecular weight is 117 g/mol. The molecule has 0 aliphatic carbocycles. The van der Waals surface area contributed by atoms with Gasteiger partial charge in [0.2, 0.25) is 0 Å². The summed E-state index contributed by atoms with van der Waals surface area (Å²) >= 11 is 0. The number of hydrogen-bond donors (Lipinski definition) is 0. The maximum absolute atomic E-state index is 3.75. The van der Waals surface area contributed by atoms with Gasteiger partial charge in [-0.2, -0.15) is 18.2 Å². The summed E-state index contributed by atoms with van der Waals surface area (Å²) in [7, 11) is 0. The zero-order chi connectivity index (χ0) is 4.24. The van der Waals surface area contributed by atoms with E-state index in [1.165, 1.54) is 0 Å². The summed E-state index contributed by atoms with van der Waals surface area (Å²) in [5.41, 5.74) is 0. The molecule has 0 fully saturated rings. The van der Waals surface area contributed by atoms with Crippen LogP contribution < -0.4 is 51.4 Å². The van der Waals surface area contributed by atoms with Gasteiger partial charge in [-0.25, -0.2) is 0 Å². The second-order valence-electron chi connectivity index (χ2n) is 0.947. The molecule has 0 amide bonds. The van der Waals surface area contributed by atoms with E-state index in [0.29, 0.717) is 0 Å². The van der Waals surface area contributed by atoms with Crippen molar-refractivity contribution in [3.8, 4) is 0 Å². The zero-order valence-electron chi connectivity index (χ0n) is 4.26. The molecule has 1 rings (SSSR count). The summed E-state index contributed by atoms with van der Waals surface area (Å²) < 4.78 is 0. The van der Waals surface area contributed by atoms with Crippen molar-refractivity contribution in [2.24, 2.45) is 0 Å². The van der Waals surface area contributed by atoms with Crippen LogP contribution in [0.25, 0.3) is 0 Å². The molecule has 2 heteroatoms. The molecule has 0 radical (unpaired) electrons. The SMILES string of the molecule is [K+].[c-]1ccncc1. The first-order chi connectivity index (χ1) is 3.00. The van der Waals surface area contributed by atoms with Crippen LogP contribution in [0.3, 0.4) is 0 Å². The fraction of sp³-hybridized carbons (Fsp3) is 0. The first-order valence-electron chi connectivity index (χ1n) is 1.76. The van der Waals surface area contributed by atoms with Crippen molar-refractivity contribution >= 4 is 0 Å². The van der Waals surface area contributed by atoms with Gasteiger partial charge < -0.3 is 4.98 Å². The minimum absolute atomic E-state index is 0. The number of aromatic nitrogens is 1. The van der Waals surface area contributed by atoms with Gasteiger partial charge in [-0.3, -0.25) is 0 Å². The largest absolute Gasteiger partial charge is 1.00 e. The standard InChI is InChI=1S/C5H4N.K/c1-2-4-6-5-3-1;/h2-5H;/q-1;+1. The van der Waals surface area contributed by atoms with Crippen molar-refractivity contribution in [2.45, 2.75) is 0 Å². The van der Waals surface area contributed by atoms with E-state index in [0.717, 1.165) is 0 Å². The third-order valence-electron chi connectivity index (χ3n) is 0.514. The zero-order valence-corrected chi connectivity index (χ0v) is 7.38. The molecule has 7 heavy (non-hydrogen) atoms. The van der Waals surface area contributed by atoms with Crippen molar-refractivity contribution in [1.82, 2.24) is 4.98 Å². The van der Waals surface area contributed by atoms with Gasteiger partial charge in [0.05, 0.1) is 0 Å². The summed E-state index contributed by atoms with van der Waals surface area (Å²) in [5.74, 6) is 0. The molecule has 1 heterocycles. The quantitative estimate of drug-likeness (QED) is 0.280. The number of pyridine rings is 1. The minimum atomic E-state index is 0. The number of nitrogens with zero attached hydrogens (tertiary/aromatic N) is 1. The molecule has 1 aromatic rings. The Labute approximate surface area is 85.6 Å². The maximum Gasteiger partial charge on any atom is 1.00 e. The third-order valence-corrected chi connectivity index (χ3v) is 0.514. The van der Waals surface area contributed by atoms with E-state index >= 15 is 0 Å². The average Bonchev–Trinajstić information content (AvgIpc) is 1.72. The second-order valence-corrected chi connectivity index (χ2v) is 0.947. The second kappa shape index (κ2) is 4.93. The van der Waals surface area contributed by atoms with Crippen LogP contribution in [0.5, 0.6) is 0 Å². The molecule has 0 atom stereocenters. The summed E-state index contributed by atoms with van der Waals surface area (Å²) in [5, 5.41) is 0. The summed E-state index contributed by atoms with van der Waals surface area (Å²) in [6, 6.07) is 6.36. The predicted molar refractivity (Wildman–Crippen MR) is 23.1 cm³/mol. The maximum atomic E-state index is 3.75. The first-order valence-corrected chi connectivity index (χ1v) is 1.76. The molecule has 0 aromatic carbocycles. The summed E-state index contributed by atoms with van der Waals surface area (Å²) in [6.45, 7) is 0. The van der Waals surface area contributed by atoms with Gasteiger partial charge in [-0.15, -0.1) is 0 Å². The van der Waals surface area contributed by atoms with E-state index < -0.39 is 0 Å². The topological polar surface area (TPSA) is 12.9 Å². The van der Waals surface area contributed by atoms with Crippen molar-refractivity contribution in [3.63, 3.8) is 0 Å². The van der Waals surface area contributed by atoms with E-state index in [1.807, 2.05) is 0 Å². The van der Waals surface area contributed by atoms with Gasteiger partial charge in [0.15, 0.2) is 0 Å². The minimum Gasteiger partial charge on any atom is -0.391 e. The van der Waals surface area contributed by atoms with Gasteiger partial charge in [0.1, 0.15) is 0 Å². The Morgan fingerprint density at radius 2 is 1.71 bits per heavy atom. The Kier molecular flexibility index (Phi) is 5.49. The summed E-state index contributed by atoms with van der Waals surface area (Å²) in [6.07, 6.45) is 3.39. The Morgan fingerprint density at radius 3 is 1.86 bits per heavy atom. The van der Waals surface area contributed by atoms with E-state index in [1.54, 1.807) is 24.5 Å². The molecule has 1 aromatic heterocycles. The van der Waals surface area contributed by atoms with Crippen LogP contribution in [0, 0.1) is 6.07 Å². The molecule has 0 aliphatic heterocycles. The van der Waals surface area contributed by atoms with Crippen LogP contribution >= 0.6 is 0 Å². The Morgan fingerprint density at radius 1 is 1.14 bits per heavy atom. The fourth-order valence-electron chi connectivity index (χ4n) is 0.277.